The van der Waals surface area contributed by atoms with Crippen molar-refractivity contribution in [3.05, 3.63) is 65.5 Å². The molecule has 0 aliphatic rings. The zero-order valence-corrected chi connectivity index (χ0v) is 13.5. The van der Waals surface area contributed by atoms with Crippen molar-refractivity contribution >= 4 is 5.78 Å². The maximum absolute atomic E-state index is 13.6. The number of Topliss-reactive ketones (excluding diaryl/α,β-unsaturated/α-hetero) is 1. The molecule has 3 rings (SSSR count). The minimum atomic E-state index is -0.549. The van der Waals surface area contributed by atoms with Crippen LogP contribution in [-0.2, 0) is 6.54 Å². The summed E-state index contributed by atoms with van der Waals surface area (Å²) in [5, 5.41) is 12.0. The fraction of sp³-hybridized carbons (Fsp3) is 0.222. The van der Waals surface area contributed by atoms with Gasteiger partial charge in [0.15, 0.2) is 5.78 Å². The van der Waals surface area contributed by atoms with E-state index in [1.54, 1.807) is 12.1 Å². The molecular formula is C18H17FN4O. The lowest BCUT2D eigenvalue weighted by Gasteiger charge is -2.04. The van der Waals surface area contributed by atoms with E-state index in [9.17, 15) is 9.18 Å². The predicted molar refractivity (Wildman–Crippen MR) is 88.1 cm³/mol. The number of benzene rings is 2. The summed E-state index contributed by atoms with van der Waals surface area (Å²) in [5.41, 5.74) is 2.07. The number of carbonyl (C=O) groups excluding carboxylic acids is 1. The van der Waals surface area contributed by atoms with Gasteiger partial charge in [0, 0.05) is 5.56 Å². The standard InChI is InChI=1S/C18H17FN4O/c1-12(2)13-7-9-14(10-8-13)18-20-22-23(21-18)11-17(24)15-5-3-4-6-16(15)19/h3-10,12H,11H2,1-2H3. The van der Waals surface area contributed by atoms with E-state index in [1.807, 2.05) is 24.3 Å². The van der Waals surface area contributed by atoms with Crippen molar-refractivity contribution in [2.75, 3.05) is 0 Å². The van der Waals surface area contributed by atoms with Crippen molar-refractivity contribution in [3.8, 4) is 11.4 Å². The van der Waals surface area contributed by atoms with E-state index in [2.05, 4.69) is 29.3 Å². The molecule has 0 amide bonds. The van der Waals surface area contributed by atoms with Gasteiger partial charge in [0.2, 0.25) is 5.82 Å². The van der Waals surface area contributed by atoms with Gasteiger partial charge in [0.1, 0.15) is 12.4 Å². The Balaban J connectivity index is 1.76. The third-order valence-corrected chi connectivity index (χ3v) is 3.75. The topological polar surface area (TPSA) is 60.7 Å². The second-order valence-corrected chi connectivity index (χ2v) is 5.82. The van der Waals surface area contributed by atoms with E-state index >= 15 is 0 Å². The van der Waals surface area contributed by atoms with Crippen LogP contribution in [0.2, 0.25) is 0 Å². The van der Waals surface area contributed by atoms with Crippen molar-refractivity contribution in [2.45, 2.75) is 26.3 Å². The highest BCUT2D eigenvalue weighted by molar-refractivity contribution is 5.96. The molecule has 0 aliphatic heterocycles. The number of rotatable bonds is 5. The van der Waals surface area contributed by atoms with Crippen LogP contribution in [0.1, 0.15) is 35.7 Å². The van der Waals surface area contributed by atoms with E-state index in [1.165, 1.54) is 22.5 Å². The molecule has 0 saturated heterocycles. The molecule has 2 aromatic carbocycles. The molecule has 0 aliphatic carbocycles. The highest BCUT2D eigenvalue weighted by atomic mass is 19.1. The molecule has 1 heterocycles. The molecule has 24 heavy (non-hydrogen) atoms. The highest BCUT2D eigenvalue weighted by Gasteiger charge is 2.14. The molecular weight excluding hydrogens is 307 g/mol. The van der Waals surface area contributed by atoms with Crippen LogP contribution in [0.5, 0.6) is 0 Å². The van der Waals surface area contributed by atoms with Crippen LogP contribution in [0.3, 0.4) is 0 Å². The summed E-state index contributed by atoms with van der Waals surface area (Å²) >= 11 is 0. The Kier molecular flexibility index (Phi) is 4.46. The fourth-order valence-electron chi connectivity index (χ4n) is 2.34. The van der Waals surface area contributed by atoms with Crippen molar-refractivity contribution < 1.29 is 9.18 Å². The summed E-state index contributed by atoms with van der Waals surface area (Å²) in [6.07, 6.45) is 0. The second-order valence-electron chi connectivity index (χ2n) is 5.82. The molecule has 0 atom stereocenters. The number of carbonyl (C=O) groups is 1. The van der Waals surface area contributed by atoms with Gasteiger partial charge in [-0.2, -0.15) is 4.80 Å². The van der Waals surface area contributed by atoms with E-state index in [4.69, 9.17) is 0 Å². The zero-order valence-electron chi connectivity index (χ0n) is 13.5. The molecule has 0 N–H and O–H groups in total. The quantitative estimate of drug-likeness (QED) is 0.674. The van der Waals surface area contributed by atoms with Gasteiger partial charge >= 0.3 is 0 Å². The maximum Gasteiger partial charge on any atom is 0.204 e. The van der Waals surface area contributed by atoms with Crippen molar-refractivity contribution in [3.63, 3.8) is 0 Å². The molecule has 3 aromatic rings. The van der Waals surface area contributed by atoms with Crippen molar-refractivity contribution in [2.24, 2.45) is 0 Å². The van der Waals surface area contributed by atoms with Crippen molar-refractivity contribution in [1.29, 1.82) is 0 Å². The summed E-state index contributed by atoms with van der Waals surface area (Å²) in [5.74, 6) is -0.0629. The average Bonchev–Trinajstić information content (AvgIpc) is 3.03. The Morgan fingerprint density at radius 1 is 1.12 bits per heavy atom. The maximum atomic E-state index is 13.6. The van der Waals surface area contributed by atoms with Gasteiger partial charge < -0.3 is 0 Å². The molecule has 0 radical (unpaired) electrons. The molecule has 0 unspecified atom stereocenters. The van der Waals surface area contributed by atoms with Gasteiger partial charge in [0.25, 0.3) is 0 Å². The van der Waals surface area contributed by atoms with Crippen LogP contribution < -0.4 is 0 Å². The summed E-state index contributed by atoms with van der Waals surface area (Å²) in [7, 11) is 0. The Morgan fingerprint density at radius 2 is 1.83 bits per heavy atom. The van der Waals surface area contributed by atoms with E-state index < -0.39 is 11.6 Å². The van der Waals surface area contributed by atoms with Crippen LogP contribution in [0.15, 0.2) is 48.5 Å². The number of aromatic nitrogens is 4. The molecule has 6 heteroatoms. The van der Waals surface area contributed by atoms with E-state index in [0.29, 0.717) is 11.7 Å². The van der Waals surface area contributed by atoms with Gasteiger partial charge in [-0.15, -0.1) is 10.2 Å². The smallest absolute Gasteiger partial charge is 0.204 e. The lowest BCUT2D eigenvalue weighted by atomic mass is 10.0. The van der Waals surface area contributed by atoms with Crippen LogP contribution in [-0.4, -0.2) is 26.0 Å². The molecule has 0 saturated carbocycles. The van der Waals surface area contributed by atoms with Gasteiger partial charge in [-0.25, -0.2) is 4.39 Å². The van der Waals surface area contributed by atoms with E-state index in [-0.39, 0.29) is 12.1 Å². The molecule has 1 aromatic heterocycles. The number of hydrogen-bond acceptors (Lipinski definition) is 4. The number of hydrogen-bond donors (Lipinski definition) is 0. The molecule has 0 fully saturated rings. The third-order valence-electron chi connectivity index (χ3n) is 3.75. The first-order valence-corrected chi connectivity index (χ1v) is 7.70. The molecule has 5 nitrogen and oxygen atoms in total. The van der Waals surface area contributed by atoms with Crippen LogP contribution in [0.4, 0.5) is 4.39 Å². The van der Waals surface area contributed by atoms with E-state index in [0.717, 1.165) is 5.56 Å². The second kappa shape index (κ2) is 6.70. The average molecular weight is 324 g/mol. The van der Waals surface area contributed by atoms with Gasteiger partial charge in [-0.1, -0.05) is 50.2 Å². The van der Waals surface area contributed by atoms with Gasteiger partial charge in [0.05, 0.1) is 5.56 Å². The SMILES string of the molecule is CC(C)c1ccc(-c2nnn(CC(=O)c3ccccc3F)n2)cc1. The molecule has 0 spiro atoms. The monoisotopic (exact) mass is 324 g/mol. The highest BCUT2D eigenvalue weighted by Crippen LogP contribution is 2.19. The van der Waals surface area contributed by atoms with Gasteiger partial charge in [-0.05, 0) is 28.8 Å². The van der Waals surface area contributed by atoms with Gasteiger partial charge in [-0.3, -0.25) is 4.79 Å². The Labute approximate surface area is 139 Å². The lowest BCUT2D eigenvalue weighted by molar-refractivity contribution is 0.0957. The number of tetrazole rings is 1. The Morgan fingerprint density at radius 3 is 2.50 bits per heavy atom. The fourth-order valence-corrected chi connectivity index (χ4v) is 2.34. The van der Waals surface area contributed by atoms with Crippen molar-refractivity contribution in [1.82, 2.24) is 20.2 Å². The summed E-state index contributed by atoms with van der Waals surface area (Å²) in [4.78, 5) is 13.3. The third kappa shape index (κ3) is 3.37. The Bertz CT molecular complexity index is 855. The first kappa shape index (κ1) is 16.0. The predicted octanol–water partition coefficient (Wildman–Crippen LogP) is 3.49. The first-order valence-electron chi connectivity index (χ1n) is 7.70. The minimum Gasteiger partial charge on any atom is -0.292 e. The normalized spacial score (nSPS) is 11.0. The van der Waals surface area contributed by atoms with Crippen LogP contribution in [0, 0.1) is 5.82 Å². The number of ketones is 1. The summed E-state index contributed by atoms with van der Waals surface area (Å²) in [6.45, 7) is 4.09. The van der Waals surface area contributed by atoms with Crippen LogP contribution >= 0.6 is 0 Å². The number of halogens is 1. The van der Waals surface area contributed by atoms with Crippen LogP contribution in [0.25, 0.3) is 11.4 Å². The minimum absolute atomic E-state index is 0.0256. The lowest BCUT2D eigenvalue weighted by Crippen LogP contribution is -2.14. The largest absolute Gasteiger partial charge is 0.292 e. The molecule has 0 bridgehead atoms. The Hall–Kier alpha value is -2.89. The zero-order chi connectivity index (χ0) is 17.1. The summed E-state index contributed by atoms with van der Waals surface area (Å²) in [6, 6.07) is 13.7. The number of nitrogens with zero attached hydrogens (tertiary/aromatic N) is 4. The summed E-state index contributed by atoms with van der Waals surface area (Å²) < 4.78 is 13.6. The molecule has 122 valence electrons. The first-order chi connectivity index (χ1) is 11.5.